The van der Waals surface area contributed by atoms with Gasteiger partial charge in [-0.15, -0.1) is 12.4 Å². The van der Waals surface area contributed by atoms with Crippen molar-refractivity contribution < 1.29 is 14.1 Å². The Balaban J connectivity index is 0.00000210. The van der Waals surface area contributed by atoms with Crippen LogP contribution in [-0.2, 0) is 16.1 Å². The van der Waals surface area contributed by atoms with E-state index >= 15 is 0 Å². The van der Waals surface area contributed by atoms with Gasteiger partial charge in [0, 0.05) is 25.3 Å². The van der Waals surface area contributed by atoms with Crippen molar-refractivity contribution in [3.63, 3.8) is 0 Å². The van der Waals surface area contributed by atoms with Crippen LogP contribution in [0.5, 0.6) is 0 Å². The van der Waals surface area contributed by atoms with Crippen LogP contribution in [0.4, 0.5) is 0 Å². The number of halogens is 1. The van der Waals surface area contributed by atoms with Gasteiger partial charge in [-0.25, -0.2) is 0 Å². The first-order chi connectivity index (χ1) is 12.8. The summed E-state index contributed by atoms with van der Waals surface area (Å²) in [5.41, 5.74) is 7.57. The van der Waals surface area contributed by atoms with Gasteiger partial charge in [0.05, 0.1) is 0 Å². The zero-order valence-electron chi connectivity index (χ0n) is 15.2. The van der Waals surface area contributed by atoms with Crippen LogP contribution in [0.3, 0.4) is 0 Å². The lowest BCUT2D eigenvalue weighted by atomic mass is 10.0. The fraction of sp³-hybridized carbons (Fsp3) is 0.526. The quantitative estimate of drug-likeness (QED) is 0.859. The van der Waals surface area contributed by atoms with E-state index in [0.29, 0.717) is 31.4 Å². The van der Waals surface area contributed by atoms with Gasteiger partial charge in [-0.05, 0) is 37.7 Å². The van der Waals surface area contributed by atoms with Crippen LogP contribution in [0.2, 0.25) is 0 Å². The maximum absolute atomic E-state index is 12.8. The second-order valence-corrected chi connectivity index (χ2v) is 6.90. The second-order valence-electron chi connectivity index (χ2n) is 6.90. The Morgan fingerprint density at radius 2 is 2.00 bits per heavy atom. The van der Waals surface area contributed by atoms with Crippen molar-refractivity contribution in [2.45, 2.75) is 50.8 Å². The van der Waals surface area contributed by atoms with Crippen LogP contribution in [0.1, 0.15) is 49.6 Å². The minimum absolute atomic E-state index is 0. The van der Waals surface area contributed by atoms with Gasteiger partial charge in [0.1, 0.15) is 12.1 Å². The standard InChI is InChI=1S/C19H24N4O3.ClH/c20-12-13-6-8-14(9-7-13)17-21-18(26-22-17)15-4-1-2-10-23(15)19(24)16-5-3-11-25-16;/h6-9,15-16H,1-5,10-12,20H2;1H. The molecule has 27 heavy (non-hydrogen) atoms. The maximum atomic E-state index is 12.8. The molecule has 0 radical (unpaired) electrons. The molecule has 2 N–H and O–H groups in total. The van der Waals surface area contributed by atoms with E-state index in [4.69, 9.17) is 15.0 Å². The summed E-state index contributed by atoms with van der Waals surface area (Å²) in [6.45, 7) is 1.88. The number of ether oxygens (including phenoxy) is 1. The zero-order chi connectivity index (χ0) is 17.9. The molecule has 2 fully saturated rings. The largest absolute Gasteiger partial charge is 0.368 e. The molecule has 1 aromatic carbocycles. The van der Waals surface area contributed by atoms with E-state index in [1.165, 1.54) is 0 Å². The van der Waals surface area contributed by atoms with E-state index in [-0.39, 0.29) is 30.5 Å². The van der Waals surface area contributed by atoms with Gasteiger partial charge in [-0.1, -0.05) is 29.4 Å². The smallest absolute Gasteiger partial charge is 0.252 e. The summed E-state index contributed by atoms with van der Waals surface area (Å²) in [6, 6.07) is 7.63. The number of hydrogen-bond acceptors (Lipinski definition) is 6. The number of rotatable bonds is 4. The monoisotopic (exact) mass is 392 g/mol. The van der Waals surface area contributed by atoms with Crippen LogP contribution in [0.15, 0.2) is 28.8 Å². The van der Waals surface area contributed by atoms with Crippen molar-refractivity contribution in [1.82, 2.24) is 15.0 Å². The average molecular weight is 393 g/mol. The van der Waals surface area contributed by atoms with Gasteiger partial charge >= 0.3 is 0 Å². The van der Waals surface area contributed by atoms with Crippen molar-refractivity contribution in [2.75, 3.05) is 13.2 Å². The molecule has 0 aliphatic carbocycles. The fourth-order valence-electron chi connectivity index (χ4n) is 3.69. The lowest BCUT2D eigenvalue weighted by Crippen LogP contribution is -2.44. The summed E-state index contributed by atoms with van der Waals surface area (Å²) >= 11 is 0. The van der Waals surface area contributed by atoms with Gasteiger partial charge in [-0.3, -0.25) is 4.79 Å². The summed E-state index contributed by atoms with van der Waals surface area (Å²) in [5.74, 6) is 1.10. The minimum Gasteiger partial charge on any atom is -0.368 e. The molecule has 3 heterocycles. The molecule has 0 bridgehead atoms. The number of benzene rings is 1. The fourth-order valence-corrected chi connectivity index (χ4v) is 3.69. The molecule has 2 saturated heterocycles. The number of amides is 1. The molecule has 1 aromatic heterocycles. The third-order valence-electron chi connectivity index (χ3n) is 5.17. The first-order valence-corrected chi connectivity index (χ1v) is 9.31. The number of carbonyl (C=O) groups excluding carboxylic acids is 1. The van der Waals surface area contributed by atoms with Gasteiger partial charge < -0.3 is 19.9 Å². The number of nitrogens with two attached hydrogens (primary N) is 1. The van der Waals surface area contributed by atoms with Crippen molar-refractivity contribution in [3.05, 3.63) is 35.7 Å². The summed E-state index contributed by atoms with van der Waals surface area (Å²) < 4.78 is 11.1. The van der Waals surface area contributed by atoms with Gasteiger partial charge in [0.25, 0.3) is 5.91 Å². The molecule has 1 amide bonds. The van der Waals surface area contributed by atoms with E-state index < -0.39 is 0 Å². The molecular weight excluding hydrogens is 368 g/mol. The summed E-state index contributed by atoms with van der Waals surface area (Å²) in [5, 5.41) is 4.12. The van der Waals surface area contributed by atoms with Crippen molar-refractivity contribution >= 4 is 18.3 Å². The molecule has 8 heteroatoms. The molecule has 0 saturated carbocycles. The minimum atomic E-state index is -0.318. The van der Waals surface area contributed by atoms with E-state index in [1.807, 2.05) is 29.2 Å². The molecule has 146 valence electrons. The number of nitrogens with zero attached hydrogens (tertiary/aromatic N) is 3. The molecule has 2 unspecified atom stereocenters. The Labute approximate surface area is 164 Å². The Morgan fingerprint density at radius 3 is 2.70 bits per heavy atom. The molecular formula is C19H25ClN4O3. The van der Waals surface area contributed by atoms with Crippen molar-refractivity contribution in [3.8, 4) is 11.4 Å². The molecule has 2 aliphatic heterocycles. The highest BCUT2D eigenvalue weighted by Gasteiger charge is 2.37. The second kappa shape index (κ2) is 8.82. The van der Waals surface area contributed by atoms with E-state index in [2.05, 4.69) is 10.1 Å². The van der Waals surface area contributed by atoms with Crippen LogP contribution >= 0.6 is 12.4 Å². The summed E-state index contributed by atoms with van der Waals surface area (Å²) in [7, 11) is 0. The average Bonchev–Trinajstić information content (AvgIpc) is 3.40. The highest BCUT2D eigenvalue weighted by molar-refractivity contribution is 5.85. The molecule has 7 nitrogen and oxygen atoms in total. The highest BCUT2D eigenvalue weighted by Crippen LogP contribution is 2.33. The maximum Gasteiger partial charge on any atom is 0.252 e. The van der Waals surface area contributed by atoms with Crippen molar-refractivity contribution in [2.24, 2.45) is 5.73 Å². The lowest BCUT2D eigenvalue weighted by molar-refractivity contribution is -0.145. The normalized spacial score (nSPS) is 22.5. The highest BCUT2D eigenvalue weighted by atomic mass is 35.5. The number of likely N-dealkylation sites (tertiary alicyclic amines) is 1. The van der Waals surface area contributed by atoms with E-state index in [0.717, 1.165) is 43.2 Å². The Morgan fingerprint density at radius 1 is 1.19 bits per heavy atom. The lowest BCUT2D eigenvalue weighted by Gasteiger charge is -2.34. The number of carbonyl (C=O) groups is 1. The molecule has 2 aliphatic rings. The van der Waals surface area contributed by atoms with Gasteiger partial charge in [-0.2, -0.15) is 4.98 Å². The molecule has 0 spiro atoms. The number of piperidine rings is 1. The SMILES string of the molecule is Cl.NCc1ccc(-c2noc(C3CCCCN3C(=O)C3CCCO3)n2)cc1. The third kappa shape index (κ3) is 4.15. The molecule has 4 rings (SSSR count). The summed E-state index contributed by atoms with van der Waals surface area (Å²) in [4.78, 5) is 19.3. The third-order valence-corrected chi connectivity index (χ3v) is 5.17. The van der Waals surface area contributed by atoms with Crippen LogP contribution in [0.25, 0.3) is 11.4 Å². The van der Waals surface area contributed by atoms with Crippen LogP contribution in [0, 0.1) is 0 Å². The predicted octanol–water partition coefficient (Wildman–Crippen LogP) is 2.85. The topological polar surface area (TPSA) is 94.5 Å². The first-order valence-electron chi connectivity index (χ1n) is 9.31. The van der Waals surface area contributed by atoms with E-state index in [9.17, 15) is 4.79 Å². The van der Waals surface area contributed by atoms with Crippen LogP contribution in [-0.4, -0.2) is 40.2 Å². The van der Waals surface area contributed by atoms with E-state index in [1.54, 1.807) is 0 Å². The van der Waals surface area contributed by atoms with Gasteiger partial charge in [0.2, 0.25) is 11.7 Å². The number of aromatic nitrogens is 2. The van der Waals surface area contributed by atoms with Gasteiger partial charge in [0.15, 0.2) is 0 Å². The molecule has 2 atom stereocenters. The Hall–Kier alpha value is -1.96. The predicted molar refractivity (Wildman–Crippen MR) is 102 cm³/mol. The zero-order valence-corrected chi connectivity index (χ0v) is 16.0. The van der Waals surface area contributed by atoms with Crippen LogP contribution < -0.4 is 5.73 Å². The summed E-state index contributed by atoms with van der Waals surface area (Å²) in [6.07, 6.45) is 4.30. The Bertz CT molecular complexity index is 759. The molecule has 2 aromatic rings. The number of hydrogen-bond donors (Lipinski definition) is 1. The Kier molecular flexibility index (Phi) is 6.46. The van der Waals surface area contributed by atoms with Crippen molar-refractivity contribution in [1.29, 1.82) is 0 Å². The first kappa shape index (κ1) is 19.8.